The summed E-state index contributed by atoms with van der Waals surface area (Å²) in [6, 6.07) is 13.5. The molecular formula is C20H26N2O3S. The van der Waals surface area contributed by atoms with Crippen LogP contribution >= 0.6 is 0 Å². The largest absolute Gasteiger partial charge is 0.494 e. The predicted octanol–water partition coefficient (Wildman–Crippen LogP) is 3.21. The number of piperazine rings is 1. The number of benzene rings is 2. The molecule has 5 nitrogen and oxygen atoms in total. The molecule has 0 bridgehead atoms. The summed E-state index contributed by atoms with van der Waals surface area (Å²) in [6.45, 7) is 8.77. The molecule has 1 aliphatic heterocycles. The lowest BCUT2D eigenvalue weighted by atomic mass is 10.2. The van der Waals surface area contributed by atoms with E-state index in [0.717, 1.165) is 22.6 Å². The Morgan fingerprint density at radius 3 is 2.19 bits per heavy atom. The maximum absolute atomic E-state index is 13.0. The van der Waals surface area contributed by atoms with Crippen LogP contribution in [-0.4, -0.2) is 45.5 Å². The van der Waals surface area contributed by atoms with E-state index in [0.29, 0.717) is 37.7 Å². The Balaban J connectivity index is 1.69. The van der Waals surface area contributed by atoms with Crippen molar-refractivity contribution in [2.75, 3.05) is 37.7 Å². The topological polar surface area (TPSA) is 49.9 Å². The number of aryl methyl sites for hydroxylation is 2. The summed E-state index contributed by atoms with van der Waals surface area (Å²) in [6.07, 6.45) is 0. The second-order valence-corrected chi connectivity index (χ2v) is 8.49. The molecule has 1 saturated heterocycles. The summed E-state index contributed by atoms with van der Waals surface area (Å²) in [7, 11) is -3.44. The minimum absolute atomic E-state index is 0.414. The predicted molar refractivity (Wildman–Crippen MR) is 104 cm³/mol. The molecule has 2 aromatic carbocycles. The zero-order valence-corrected chi connectivity index (χ0v) is 16.4. The molecule has 140 valence electrons. The van der Waals surface area contributed by atoms with Gasteiger partial charge in [0, 0.05) is 31.9 Å². The number of sulfonamides is 1. The lowest BCUT2D eigenvalue weighted by molar-refractivity contribution is 0.340. The van der Waals surface area contributed by atoms with E-state index >= 15 is 0 Å². The normalized spacial score (nSPS) is 15.9. The monoisotopic (exact) mass is 374 g/mol. The van der Waals surface area contributed by atoms with E-state index in [1.165, 1.54) is 0 Å². The molecule has 0 radical (unpaired) electrons. The highest BCUT2D eigenvalue weighted by atomic mass is 32.2. The average molecular weight is 375 g/mol. The standard InChI is InChI=1S/C20H26N2O3S/c1-4-25-19-8-6-18(7-9-19)21-11-13-22(14-12-21)26(23,24)20-10-5-16(2)15-17(20)3/h5-10,15H,4,11-14H2,1-3H3. The van der Waals surface area contributed by atoms with Crippen molar-refractivity contribution in [3.8, 4) is 5.75 Å². The minimum atomic E-state index is -3.44. The Labute approximate surface area is 156 Å². The zero-order valence-electron chi connectivity index (χ0n) is 15.6. The number of ether oxygens (including phenoxy) is 1. The molecule has 26 heavy (non-hydrogen) atoms. The van der Waals surface area contributed by atoms with Crippen LogP contribution in [0, 0.1) is 13.8 Å². The molecule has 0 aromatic heterocycles. The molecule has 3 rings (SSSR count). The molecule has 0 spiro atoms. The van der Waals surface area contributed by atoms with Crippen LogP contribution in [0.15, 0.2) is 47.4 Å². The van der Waals surface area contributed by atoms with Crippen molar-refractivity contribution in [3.05, 3.63) is 53.6 Å². The highest BCUT2D eigenvalue weighted by molar-refractivity contribution is 7.89. The molecule has 0 N–H and O–H groups in total. The van der Waals surface area contributed by atoms with E-state index in [4.69, 9.17) is 4.74 Å². The first-order chi connectivity index (χ1) is 12.4. The third-order valence-electron chi connectivity index (χ3n) is 4.70. The van der Waals surface area contributed by atoms with Gasteiger partial charge in [0.2, 0.25) is 10.0 Å². The van der Waals surface area contributed by atoms with E-state index in [9.17, 15) is 8.42 Å². The van der Waals surface area contributed by atoms with Crippen LogP contribution in [-0.2, 0) is 10.0 Å². The van der Waals surface area contributed by atoms with Crippen LogP contribution in [0.2, 0.25) is 0 Å². The fourth-order valence-electron chi connectivity index (χ4n) is 3.33. The van der Waals surface area contributed by atoms with Crippen LogP contribution in [0.3, 0.4) is 0 Å². The van der Waals surface area contributed by atoms with Crippen LogP contribution in [0.5, 0.6) is 5.75 Å². The summed E-state index contributed by atoms with van der Waals surface area (Å²) < 4.78 is 33.0. The molecule has 0 amide bonds. The summed E-state index contributed by atoms with van der Waals surface area (Å²) in [5.41, 5.74) is 2.97. The second-order valence-electron chi connectivity index (χ2n) is 6.59. The third kappa shape index (κ3) is 3.86. The van der Waals surface area contributed by atoms with Crippen LogP contribution in [0.1, 0.15) is 18.1 Å². The van der Waals surface area contributed by atoms with Gasteiger partial charge in [-0.1, -0.05) is 17.7 Å². The SMILES string of the molecule is CCOc1ccc(N2CCN(S(=O)(=O)c3ccc(C)cc3C)CC2)cc1. The van der Waals surface area contributed by atoms with Crippen molar-refractivity contribution in [3.63, 3.8) is 0 Å². The molecule has 1 heterocycles. The summed E-state index contributed by atoms with van der Waals surface area (Å²) >= 11 is 0. The number of hydrogen-bond acceptors (Lipinski definition) is 4. The van der Waals surface area contributed by atoms with Gasteiger partial charge in [-0.05, 0) is 56.7 Å². The number of hydrogen-bond donors (Lipinski definition) is 0. The zero-order chi connectivity index (χ0) is 18.7. The number of anilines is 1. The lowest BCUT2D eigenvalue weighted by Crippen LogP contribution is -2.48. The van der Waals surface area contributed by atoms with Crippen molar-refractivity contribution in [2.45, 2.75) is 25.7 Å². The van der Waals surface area contributed by atoms with Gasteiger partial charge in [-0.2, -0.15) is 4.31 Å². The summed E-state index contributed by atoms with van der Waals surface area (Å²) in [4.78, 5) is 2.63. The van der Waals surface area contributed by atoms with Gasteiger partial charge in [0.05, 0.1) is 11.5 Å². The molecule has 0 atom stereocenters. The molecule has 0 saturated carbocycles. The molecule has 2 aromatic rings. The van der Waals surface area contributed by atoms with Crippen molar-refractivity contribution in [1.29, 1.82) is 0 Å². The van der Waals surface area contributed by atoms with Gasteiger partial charge in [0.15, 0.2) is 0 Å². The molecule has 0 aliphatic carbocycles. The van der Waals surface area contributed by atoms with Gasteiger partial charge in [-0.15, -0.1) is 0 Å². The van der Waals surface area contributed by atoms with Crippen molar-refractivity contribution < 1.29 is 13.2 Å². The van der Waals surface area contributed by atoms with Crippen molar-refractivity contribution in [1.82, 2.24) is 4.31 Å². The van der Waals surface area contributed by atoms with Gasteiger partial charge in [0.1, 0.15) is 5.75 Å². The van der Waals surface area contributed by atoms with Gasteiger partial charge >= 0.3 is 0 Å². The fourth-order valence-corrected chi connectivity index (χ4v) is 4.96. The van der Waals surface area contributed by atoms with E-state index in [1.54, 1.807) is 10.4 Å². The first kappa shape index (κ1) is 18.7. The molecule has 1 aliphatic rings. The van der Waals surface area contributed by atoms with Gasteiger partial charge in [-0.25, -0.2) is 8.42 Å². The Bertz CT molecular complexity index is 855. The Morgan fingerprint density at radius 2 is 1.62 bits per heavy atom. The minimum Gasteiger partial charge on any atom is -0.494 e. The quantitative estimate of drug-likeness (QED) is 0.806. The van der Waals surface area contributed by atoms with Gasteiger partial charge in [-0.3, -0.25) is 0 Å². The van der Waals surface area contributed by atoms with Crippen LogP contribution in [0.25, 0.3) is 0 Å². The number of nitrogens with zero attached hydrogens (tertiary/aromatic N) is 2. The Hall–Kier alpha value is -2.05. The third-order valence-corrected chi connectivity index (χ3v) is 6.76. The van der Waals surface area contributed by atoms with Crippen molar-refractivity contribution >= 4 is 15.7 Å². The van der Waals surface area contributed by atoms with Gasteiger partial charge < -0.3 is 9.64 Å². The highest BCUT2D eigenvalue weighted by Gasteiger charge is 2.29. The fraction of sp³-hybridized carbons (Fsp3) is 0.400. The molecular weight excluding hydrogens is 348 g/mol. The van der Waals surface area contributed by atoms with E-state index in [2.05, 4.69) is 4.90 Å². The lowest BCUT2D eigenvalue weighted by Gasteiger charge is -2.35. The first-order valence-corrected chi connectivity index (χ1v) is 10.4. The van der Waals surface area contributed by atoms with Crippen LogP contribution in [0.4, 0.5) is 5.69 Å². The van der Waals surface area contributed by atoms with Gasteiger partial charge in [0.25, 0.3) is 0 Å². The smallest absolute Gasteiger partial charge is 0.243 e. The first-order valence-electron chi connectivity index (χ1n) is 8.97. The maximum atomic E-state index is 13.0. The van der Waals surface area contributed by atoms with Crippen molar-refractivity contribution in [2.24, 2.45) is 0 Å². The average Bonchev–Trinajstić information content (AvgIpc) is 2.62. The Morgan fingerprint density at radius 1 is 0.962 bits per heavy atom. The van der Waals surface area contributed by atoms with E-state index < -0.39 is 10.0 Å². The Kier molecular flexibility index (Phi) is 5.53. The molecule has 1 fully saturated rings. The highest BCUT2D eigenvalue weighted by Crippen LogP contribution is 2.25. The van der Waals surface area contributed by atoms with E-state index in [-0.39, 0.29) is 0 Å². The maximum Gasteiger partial charge on any atom is 0.243 e. The van der Waals surface area contributed by atoms with Crippen LogP contribution < -0.4 is 9.64 Å². The second kappa shape index (κ2) is 7.68. The summed E-state index contributed by atoms with van der Waals surface area (Å²) in [5.74, 6) is 0.854. The van der Waals surface area contributed by atoms with E-state index in [1.807, 2.05) is 57.2 Å². The number of rotatable bonds is 5. The molecule has 0 unspecified atom stereocenters. The molecule has 6 heteroatoms. The summed E-state index contributed by atoms with van der Waals surface area (Å²) in [5, 5.41) is 0.